The molecule has 27 heavy (non-hydrogen) atoms. The zero-order valence-electron chi connectivity index (χ0n) is 15.2. The van der Waals surface area contributed by atoms with Crippen LogP contribution < -0.4 is 11.1 Å². The van der Waals surface area contributed by atoms with Gasteiger partial charge >= 0.3 is 0 Å². The number of carbonyl (C=O) groups excluding carboxylic acids is 1. The number of nitrogens with zero attached hydrogens (tertiary/aromatic N) is 2. The molecule has 3 aromatic rings. The van der Waals surface area contributed by atoms with E-state index in [1.807, 2.05) is 60.8 Å². The van der Waals surface area contributed by atoms with E-state index in [0.29, 0.717) is 13.0 Å². The Morgan fingerprint density at radius 1 is 0.889 bits per heavy atom. The van der Waals surface area contributed by atoms with Gasteiger partial charge in [0.05, 0.1) is 0 Å². The van der Waals surface area contributed by atoms with E-state index in [2.05, 4.69) is 15.3 Å². The highest BCUT2D eigenvalue weighted by Crippen LogP contribution is 2.27. The molecule has 0 saturated heterocycles. The van der Waals surface area contributed by atoms with Crippen molar-refractivity contribution < 1.29 is 4.79 Å². The molecule has 5 nitrogen and oxygen atoms in total. The Bertz CT molecular complexity index is 840. The van der Waals surface area contributed by atoms with E-state index < -0.39 is 5.54 Å². The van der Waals surface area contributed by atoms with Crippen molar-refractivity contribution in [2.45, 2.75) is 24.8 Å². The summed E-state index contributed by atoms with van der Waals surface area (Å²) >= 11 is 0. The third-order valence-electron chi connectivity index (χ3n) is 4.79. The molecule has 5 heteroatoms. The van der Waals surface area contributed by atoms with Crippen LogP contribution in [0.1, 0.15) is 23.1 Å². The van der Waals surface area contributed by atoms with Gasteiger partial charge in [-0.3, -0.25) is 20.1 Å². The number of rotatable bonds is 9. The van der Waals surface area contributed by atoms with Crippen molar-refractivity contribution in [1.82, 2.24) is 15.3 Å². The number of hydrogen-bond donors (Lipinski definition) is 2. The Morgan fingerprint density at radius 2 is 1.67 bits per heavy atom. The van der Waals surface area contributed by atoms with Crippen LogP contribution in [-0.2, 0) is 23.2 Å². The molecule has 138 valence electrons. The zero-order valence-corrected chi connectivity index (χ0v) is 15.2. The molecule has 0 aliphatic rings. The van der Waals surface area contributed by atoms with Crippen LogP contribution in [0.25, 0.3) is 0 Å². The van der Waals surface area contributed by atoms with Gasteiger partial charge in [0.1, 0.15) is 5.54 Å². The minimum atomic E-state index is -0.924. The van der Waals surface area contributed by atoms with Gasteiger partial charge in [0.15, 0.2) is 0 Å². The first-order valence-electron chi connectivity index (χ1n) is 9.09. The van der Waals surface area contributed by atoms with E-state index >= 15 is 0 Å². The first-order valence-corrected chi connectivity index (χ1v) is 9.09. The molecule has 1 atom stereocenters. The van der Waals surface area contributed by atoms with Crippen LogP contribution in [-0.4, -0.2) is 22.4 Å². The minimum absolute atomic E-state index is 0.367. The summed E-state index contributed by atoms with van der Waals surface area (Å²) in [4.78, 5) is 20.8. The van der Waals surface area contributed by atoms with Crippen LogP contribution in [0.5, 0.6) is 0 Å². The normalized spacial score (nSPS) is 13.0. The summed E-state index contributed by atoms with van der Waals surface area (Å²) in [6.07, 6.45) is 9.18. The molecule has 0 radical (unpaired) electrons. The van der Waals surface area contributed by atoms with Crippen LogP contribution in [0.3, 0.4) is 0 Å². The van der Waals surface area contributed by atoms with E-state index in [0.717, 1.165) is 29.5 Å². The Kier molecular flexibility index (Phi) is 6.28. The molecule has 1 amide bonds. The maximum Gasteiger partial charge on any atom is 0.242 e. The lowest BCUT2D eigenvalue weighted by Crippen LogP contribution is -2.53. The second-order valence-corrected chi connectivity index (χ2v) is 6.53. The number of primary amides is 1. The Labute approximate surface area is 159 Å². The Morgan fingerprint density at radius 3 is 2.33 bits per heavy atom. The zero-order chi connectivity index (χ0) is 19.0. The highest BCUT2D eigenvalue weighted by molar-refractivity contribution is 5.86. The number of amides is 1. The minimum Gasteiger partial charge on any atom is -0.368 e. The summed E-state index contributed by atoms with van der Waals surface area (Å²) < 4.78 is 0. The van der Waals surface area contributed by atoms with Gasteiger partial charge in [-0.05, 0) is 54.2 Å². The molecule has 0 bridgehead atoms. The average Bonchev–Trinajstić information content (AvgIpc) is 2.72. The molecule has 2 aromatic heterocycles. The smallest absolute Gasteiger partial charge is 0.242 e. The number of benzene rings is 1. The number of nitrogens with one attached hydrogen (secondary N) is 1. The molecule has 0 saturated carbocycles. The van der Waals surface area contributed by atoms with E-state index in [-0.39, 0.29) is 5.91 Å². The van der Waals surface area contributed by atoms with Gasteiger partial charge in [-0.1, -0.05) is 36.4 Å². The molecular formula is C22H24N4O. The number of carbonyl (C=O) groups is 1. The van der Waals surface area contributed by atoms with E-state index in [9.17, 15) is 4.79 Å². The van der Waals surface area contributed by atoms with E-state index in [1.165, 1.54) is 0 Å². The summed E-state index contributed by atoms with van der Waals surface area (Å²) in [5.74, 6) is -0.367. The quantitative estimate of drug-likeness (QED) is 0.615. The van der Waals surface area contributed by atoms with Gasteiger partial charge in [-0.25, -0.2) is 0 Å². The first-order chi connectivity index (χ1) is 13.2. The number of hydrogen-bond acceptors (Lipinski definition) is 4. The Balaban J connectivity index is 1.81. The third kappa shape index (κ3) is 4.77. The van der Waals surface area contributed by atoms with Crippen LogP contribution in [0, 0.1) is 0 Å². The topological polar surface area (TPSA) is 80.9 Å². The average molecular weight is 360 g/mol. The fourth-order valence-electron chi connectivity index (χ4n) is 3.26. The molecule has 0 spiro atoms. The van der Waals surface area contributed by atoms with Gasteiger partial charge in [0.2, 0.25) is 5.91 Å². The fourth-order valence-corrected chi connectivity index (χ4v) is 3.26. The van der Waals surface area contributed by atoms with Crippen molar-refractivity contribution in [2.75, 3.05) is 6.54 Å². The van der Waals surface area contributed by atoms with Crippen LogP contribution in [0.15, 0.2) is 79.4 Å². The third-order valence-corrected chi connectivity index (χ3v) is 4.79. The maximum absolute atomic E-state index is 12.6. The lowest BCUT2D eigenvalue weighted by Gasteiger charge is -2.33. The van der Waals surface area contributed by atoms with Crippen LogP contribution in [0.2, 0.25) is 0 Å². The molecule has 0 aliphatic heterocycles. The van der Waals surface area contributed by atoms with Gasteiger partial charge in [0.25, 0.3) is 0 Å². The second-order valence-electron chi connectivity index (χ2n) is 6.53. The largest absolute Gasteiger partial charge is 0.368 e. The summed E-state index contributed by atoms with van der Waals surface area (Å²) in [6.45, 7) is 0.625. The number of aromatic nitrogens is 2. The van der Waals surface area contributed by atoms with Crippen LogP contribution >= 0.6 is 0 Å². The Hall–Kier alpha value is -3.05. The van der Waals surface area contributed by atoms with Crippen molar-refractivity contribution in [3.05, 3.63) is 96.1 Å². The first kappa shape index (κ1) is 18.7. The molecule has 3 rings (SSSR count). The summed E-state index contributed by atoms with van der Waals surface area (Å²) in [5, 5.41) is 3.45. The molecule has 3 N–H and O–H groups in total. The van der Waals surface area contributed by atoms with E-state index in [4.69, 9.17) is 5.73 Å². The van der Waals surface area contributed by atoms with Crippen molar-refractivity contribution in [2.24, 2.45) is 5.73 Å². The van der Waals surface area contributed by atoms with Crippen molar-refractivity contribution >= 4 is 5.91 Å². The standard InChI is InChI=1S/C22H24N4O/c23-21(27)22(20-6-2-1-3-7-20,12-8-18-9-14-24-15-10-18)26-16-11-19-5-4-13-25-17-19/h1-7,9-10,13-15,17,26H,8,11-12,16H2,(H2,23,27). The predicted octanol–water partition coefficient (Wildman–Crippen LogP) is 2.62. The van der Waals surface area contributed by atoms with Crippen molar-refractivity contribution in [3.63, 3.8) is 0 Å². The molecule has 1 unspecified atom stereocenters. The molecule has 1 aromatic carbocycles. The monoisotopic (exact) mass is 360 g/mol. The number of nitrogens with two attached hydrogens (primary N) is 1. The summed E-state index contributed by atoms with van der Waals surface area (Å²) in [5.41, 5.74) is 8.13. The highest BCUT2D eigenvalue weighted by atomic mass is 16.1. The van der Waals surface area contributed by atoms with Crippen LogP contribution in [0.4, 0.5) is 0 Å². The van der Waals surface area contributed by atoms with Gasteiger partial charge in [-0.15, -0.1) is 0 Å². The second kappa shape index (κ2) is 9.05. The van der Waals surface area contributed by atoms with E-state index in [1.54, 1.807) is 18.6 Å². The van der Waals surface area contributed by atoms with Crippen molar-refractivity contribution in [1.29, 1.82) is 0 Å². The van der Waals surface area contributed by atoms with Gasteiger partial charge < -0.3 is 5.73 Å². The fraction of sp³-hybridized carbons (Fsp3) is 0.227. The highest BCUT2D eigenvalue weighted by Gasteiger charge is 2.37. The molecule has 0 fully saturated rings. The van der Waals surface area contributed by atoms with Gasteiger partial charge in [-0.2, -0.15) is 0 Å². The molecule has 0 aliphatic carbocycles. The lowest BCUT2D eigenvalue weighted by atomic mass is 9.83. The maximum atomic E-state index is 12.6. The molecule has 2 heterocycles. The number of pyridine rings is 2. The number of aryl methyl sites for hydroxylation is 1. The SMILES string of the molecule is NC(=O)C(CCc1ccncc1)(NCCc1cccnc1)c1ccccc1. The predicted molar refractivity (Wildman–Crippen MR) is 106 cm³/mol. The molecular weight excluding hydrogens is 336 g/mol. The lowest BCUT2D eigenvalue weighted by molar-refractivity contribution is -0.125. The van der Waals surface area contributed by atoms with Crippen molar-refractivity contribution in [3.8, 4) is 0 Å². The summed E-state index contributed by atoms with van der Waals surface area (Å²) in [6, 6.07) is 17.6. The summed E-state index contributed by atoms with van der Waals surface area (Å²) in [7, 11) is 0. The van der Waals surface area contributed by atoms with Gasteiger partial charge in [0, 0.05) is 31.3 Å².